The molecule has 0 aromatic rings. The number of esters is 2. The molecule has 0 radical (unpaired) electrons. The van der Waals surface area contributed by atoms with Gasteiger partial charge in [0.2, 0.25) is 0 Å². The Morgan fingerprint density at radius 2 is 1.00 bits per heavy atom. The molecule has 0 saturated carbocycles. The molecule has 0 heterocycles. The molecule has 0 aliphatic carbocycles. The lowest BCUT2D eigenvalue weighted by atomic mass is 10.2. The molecule has 0 aliphatic heterocycles. The van der Waals surface area contributed by atoms with Crippen molar-refractivity contribution in [2.45, 2.75) is 52.7 Å². The van der Waals surface area contributed by atoms with Gasteiger partial charge in [-0.3, -0.25) is 0 Å². The molecule has 6 heteroatoms. The van der Waals surface area contributed by atoms with Crippen LogP contribution in [0.25, 0.3) is 0 Å². The zero-order chi connectivity index (χ0) is 17.2. The fourth-order valence-corrected chi connectivity index (χ4v) is 1.21. The van der Waals surface area contributed by atoms with Crippen molar-refractivity contribution in [2.75, 3.05) is 26.4 Å². The molecule has 0 saturated heterocycles. The molecular weight excluding hydrogens is 288 g/mol. The van der Waals surface area contributed by atoms with Crippen molar-refractivity contribution in [3.8, 4) is 0 Å². The van der Waals surface area contributed by atoms with E-state index in [4.69, 9.17) is 18.9 Å². The molecule has 0 aromatic carbocycles. The minimum absolute atomic E-state index is 0.134. The second-order valence-corrected chi connectivity index (χ2v) is 6.59. The van der Waals surface area contributed by atoms with Crippen molar-refractivity contribution in [3.63, 3.8) is 0 Å². The maximum atomic E-state index is 11.3. The largest absolute Gasteiger partial charge is 0.460 e. The minimum Gasteiger partial charge on any atom is -0.460 e. The lowest BCUT2D eigenvalue weighted by Gasteiger charge is -2.19. The summed E-state index contributed by atoms with van der Waals surface area (Å²) in [6.45, 7) is 12.3. The minimum atomic E-state index is -0.611. The molecule has 0 bridgehead atoms. The van der Waals surface area contributed by atoms with E-state index >= 15 is 0 Å². The Bertz CT molecular complexity index is 337. The molecule has 0 rings (SSSR count). The summed E-state index contributed by atoms with van der Waals surface area (Å²) >= 11 is 0. The monoisotopic (exact) mass is 316 g/mol. The van der Waals surface area contributed by atoms with E-state index in [-0.39, 0.29) is 24.4 Å². The van der Waals surface area contributed by atoms with Crippen LogP contribution in [0.4, 0.5) is 0 Å². The molecule has 0 aliphatic rings. The van der Waals surface area contributed by atoms with Crippen molar-refractivity contribution >= 4 is 11.9 Å². The van der Waals surface area contributed by atoms with Crippen molar-refractivity contribution in [2.24, 2.45) is 0 Å². The summed E-state index contributed by atoms with van der Waals surface area (Å²) in [5, 5.41) is 0. The van der Waals surface area contributed by atoms with E-state index < -0.39 is 11.9 Å². The van der Waals surface area contributed by atoms with Crippen LogP contribution in [0.15, 0.2) is 12.2 Å². The second kappa shape index (κ2) is 9.58. The highest BCUT2D eigenvalue weighted by Gasteiger charge is 2.11. The summed E-state index contributed by atoms with van der Waals surface area (Å²) in [6, 6.07) is 0. The van der Waals surface area contributed by atoms with Crippen molar-refractivity contribution < 1.29 is 28.5 Å². The fourth-order valence-electron chi connectivity index (χ4n) is 1.21. The summed E-state index contributed by atoms with van der Waals surface area (Å²) in [7, 11) is 0. The third kappa shape index (κ3) is 15.0. The standard InChI is InChI=1S/C16H28O6/c1-15(2,3)21-11-9-19-13(17)7-8-14(18)20-10-12-22-16(4,5)6/h7-8H,9-12H2,1-6H3. The average Bonchev–Trinajstić information content (AvgIpc) is 2.35. The Morgan fingerprint density at radius 3 is 1.27 bits per heavy atom. The van der Waals surface area contributed by atoms with Crippen LogP contribution in [0, 0.1) is 0 Å². The van der Waals surface area contributed by atoms with Gasteiger partial charge in [-0.2, -0.15) is 0 Å². The molecule has 0 atom stereocenters. The lowest BCUT2D eigenvalue weighted by molar-refractivity contribution is -0.143. The Labute approximate surface area is 132 Å². The van der Waals surface area contributed by atoms with Gasteiger partial charge in [0, 0.05) is 12.2 Å². The molecule has 0 aromatic heterocycles. The van der Waals surface area contributed by atoms with Gasteiger partial charge in [-0.05, 0) is 41.5 Å². The van der Waals surface area contributed by atoms with Gasteiger partial charge in [-0.25, -0.2) is 9.59 Å². The zero-order valence-corrected chi connectivity index (χ0v) is 14.4. The van der Waals surface area contributed by atoms with Gasteiger partial charge in [-0.1, -0.05) is 0 Å². The summed E-state index contributed by atoms with van der Waals surface area (Å²) in [4.78, 5) is 22.7. The fraction of sp³-hybridized carbons (Fsp3) is 0.750. The van der Waals surface area contributed by atoms with E-state index in [9.17, 15) is 9.59 Å². The maximum absolute atomic E-state index is 11.3. The van der Waals surface area contributed by atoms with Crippen molar-refractivity contribution in [1.29, 1.82) is 0 Å². The number of ether oxygens (including phenoxy) is 4. The molecule has 22 heavy (non-hydrogen) atoms. The molecule has 0 amide bonds. The van der Waals surface area contributed by atoms with Crippen LogP contribution < -0.4 is 0 Å². The van der Waals surface area contributed by atoms with Gasteiger partial charge in [0.25, 0.3) is 0 Å². The van der Waals surface area contributed by atoms with Crippen molar-refractivity contribution in [1.82, 2.24) is 0 Å². The third-order valence-electron chi connectivity index (χ3n) is 2.08. The van der Waals surface area contributed by atoms with Gasteiger partial charge in [0.15, 0.2) is 0 Å². The Kier molecular flexibility index (Phi) is 8.97. The first-order valence-corrected chi connectivity index (χ1v) is 7.29. The van der Waals surface area contributed by atoms with E-state index in [1.54, 1.807) is 0 Å². The Hall–Kier alpha value is -1.40. The van der Waals surface area contributed by atoms with Gasteiger partial charge in [0.05, 0.1) is 24.4 Å². The number of hydrogen-bond acceptors (Lipinski definition) is 6. The average molecular weight is 316 g/mol. The highest BCUT2D eigenvalue weighted by atomic mass is 16.6. The van der Waals surface area contributed by atoms with Crippen molar-refractivity contribution in [3.05, 3.63) is 12.2 Å². The third-order valence-corrected chi connectivity index (χ3v) is 2.08. The predicted molar refractivity (Wildman–Crippen MR) is 82.5 cm³/mol. The Balaban J connectivity index is 3.76. The number of hydrogen-bond donors (Lipinski definition) is 0. The van der Waals surface area contributed by atoms with E-state index in [1.165, 1.54) is 0 Å². The highest BCUT2D eigenvalue weighted by molar-refractivity contribution is 5.91. The van der Waals surface area contributed by atoms with E-state index in [2.05, 4.69) is 0 Å². The predicted octanol–water partition coefficient (Wildman–Crippen LogP) is 2.26. The SMILES string of the molecule is CC(C)(C)OCCOC(=O)C=CC(=O)OCCOC(C)(C)C. The molecular formula is C16H28O6. The Morgan fingerprint density at radius 1 is 0.682 bits per heavy atom. The smallest absolute Gasteiger partial charge is 0.331 e. The normalized spacial score (nSPS) is 12.5. The number of carbonyl (C=O) groups is 2. The molecule has 0 spiro atoms. The van der Waals surface area contributed by atoms with Crippen LogP contribution in [-0.2, 0) is 28.5 Å². The topological polar surface area (TPSA) is 71.1 Å². The summed E-state index contributed by atoms with van der Waals surface area (Å²) in [6.07, 6.45) is 2.06. The maximum Gasteiger partial charge on any atom is 0.331 e. The van der Waals surface area contributed by atoms with Crippen LogP contribution >= 0.6 is 0 Å². The first-order chi connectivity index (χ1) is 9.99. The van der Waals surface area contributed by atoms with Crippen LogP contribution in [0.3, 0.4) is 0 Å². The quantitative estimate of drug-likeness (QED) is 0.388. The van der Waals surface area contributed by atoms with Gasteiger partial charge in [-0.15, -0.1) is 0 Å². The highest BCUT2D eigenvalue weighted by Crippen LogP contribution is 2.06. The molecule has 128 valence electrons. The summed E-state index contributed by atoms with van der Waals surface area (Å²) in [5.41, 5.74) is -0.553. The zero-order valence-electron chi connectivity index (χ0n) is 14.4. The van der Waals surface area contributed by atoms with Crippen LogP contribution in [0.1, 0.15) is 41.5 Å². The van der Waals surface area contributed by atoms with E-state index in [1.807, 2.05) is 41.5 Å². The van der Waals surface area contributed by atoms with E-state index in [0.29, 0.717) is 13.2 Å². The number of rotatable bonds is 8. The van der Waals surface area contributed by atoms with Crippen LogP contribution in [0.2, 0.25) is 0 Å². The van der Waals surface area contributed by atoms with Crippen LogP contribution in [0.5, 0.6) is 0 Å². The lowest BCUT2D eigenvalue weighted by Crippen LogP contribution is -2.22. The molecule has 0 N–H and O–H groups in total. The first-order valence-electron chi connectivity index (χ1n) is 7.29. The number of carbonyl (C=O) groups excluding carboxylic acids is 2. The van der Waals surface area contributed by atoms with E-state index in [0.717, 1.165) is 12.2 Å². The van der Waals surface area contributed by atoms with Gasteiger partial charge >= 0.3 is 11.9 Å². The summed E-state index contributed by atoms with van der Waals surface area (Å²) < 4.78 is 20.5. The molecule has 0 fully saturated rings. The first kappa shape index (κ1) is 20.6. The van der Waals surface area contributed by atoms with Crippen LogP contribution in [-0.4, -0.2) is 49.6 Å². The summed E-state index contributed by atoms with van der Waals surface area (Å²) in [5.74, 6) is -1.22. The molecule has 0 unspecified atom stereocenters. The second-order valence-electron chi connectivity index (χ2n) is 6.59. The van der Waals surface area contributed by atoms with Gasteiger partial charge in [0.1, 0.15) is 13.2 Å². The van der Waals surface area contributed by atoms with Gasteiger partial charge < -0.3 is 18.9 Å². The molecule has 6 nitrogen and oxygen atoms in total.